The van der Waals surface area contributed by atoms with Gasteiger partial charge in [-0.1, -0.05) is 17.4 Å². The lowest BCUT2D eigenvalue weighted by Crippen LogP contribution is -2.36. The van der Waals surface area contributed by atoms with E-state index in [9.17, 15) is 14.4 Å². The van der Waals surface area contributed by atoms with Crippen molar-refractivity contribution < 1.29 is 19.1 Å². The van der Waals surface area contributed by atoms with E-state index in [0.29, 0.717) is 15.7 Å². The van der Waals surface area contributed by atoms with Crippen LogP contribution in [0.1, 0.15) is 29.2 Å². The molecule has 1 rings (SSSR count). The summed E-state index contributed by atoms with van der Waals surface area (Å²) >= 11 is 1.04. The van der Waals surface area contributed by atoms with Crippen molar-refractivity contribution in [3.05, 3.63) is 23.2 Å². The van der Waals surface area contributed by atoms with Gasteiger partial charge in [0.05, 0.1) is 12.3 Å². The maximum Gasteiger partial charge on any atom is 0.350 e. The lowest BCUT2D eigenvalue weighted by molar-refractivity contribution is -0.132. The smallest absolute Gasteiger partial charge is 0.350 e. The molecule has 0 aliphatic carbocycles. The third-order valence-corrected chi connectivity index (χ3v) is 3.69. The second kappa shape index (κ2) is 8.28. The van der Waals surface area contributed by atoms with Crippen LogP contribution in [0.3, 0.4) is 0 Å². The van der Waals surface area contributed by atoms with Crippen molar-refractivity contribution in [3.63, 3.8) is 0 Å². The van der Waals surface area contributed by atoms with Gasteiger partial charge in [0, 0.05) is 13.5 Å². The zero-order chi connectivity index (χ0) is 16.7. The van der Waals surface area contributed by atoms with Crippen LogP contribution in [0.4, 0.5) is 5.13 Å². The molecule has 7 nitrogen and oxygen atoms in total. The van der Waals surface area contributed by atoms with Gasteiger partial charge in [0.15, 0.2) is 5.13 Å². The van der Waals surface area contributed by atoms with E-state index in [1.54, 1.807) is 19.9 Å². The molecule has 0 saturated heterocycles. The second-order valence-corrected chi connectivity index (χ2v) is 5.39. The Hall–Kier alpha value is -2.22. The largest absolute Gasteiger partial charge is 0.462 e. The third kappa shape index (κ3) is 4.96. The van der Waals surface area contributed by atoms with Crippen LogP contribution >= 0.6 is 11.3 Å². The first-order chi connectivity index (χ1) is 10.4. The Kier molecular flexibility index (Phi) is 6.71. The maximum atomic E-state index is 11.9. The number of nitrogens with zero attached hydrogens (tertiary/aromatic N) is 2. The van der Waals surface area contributed by atoms with Gasteiger partial charge in [-0.05, 0) is 13.8 Å². The van der Waals surface area contributed by atoms with Gasteiger partial charge >= 0.3 is 5.97 Å². The molecular weight excluding hydrogens is 306 g/mol. The summed E-state index contributed by atoms with van der Waals surface area (Å²) in [5.74, 6) is -1.08. The molecule has 0 saturated carbocycles. The van der Waals surface area contributed by atoms with E-state index in [2.05, 4.69) is 16.9 Å². The minimum Gasteiger partial charge on any atom is -0.462 e. The van der Waals surface area contributed by atoms with Crippen molar-refractivity contribution in [2.45, 2.75) is 20.8 Å². The van der Waals surface area contributed by atoms with E-state index >= 15 is 0 Å². The van der Waals surface area contributed by atoms with Crippen molar-refractivity contribution in [1.82, 2.24) is 9.88 Å². The number of anilines is 1. The lowest BCUT2D eigenvalue weighted by atomic mass is 10.4. The van der Waals surface area contributed by atoms with Gasteiger partial charge in [-0.25, -0.2) is 9.78 Å². The molecule has 1 N–H and O–H groups in total. The molecule has 0 aliphatic heterocycles. The number of carbonyl (C=O) groups excluding carboxylic acids is 3. The van der Waals surface area contributed by atoms with Crippen LogP contribution in [0.25, 0.3) is 0 Å². The summed E-state index contributed by atoms with van der Waals surface area (Å²) < 4.78 is 4.91. The molecule has 1 aromatic heterocycles. The summed E-state index contributed by atoms with van der Waals surface area (Å²) in [6.07, 6.45) is 1.54. The third-order valence-electron chi connectivity index (χ3n) is 2.63. The zero-order valence-corrected chi connectivity index (χ0v) is 13.7. The van der Waals surface area contributed by atoms with Crippen molar-refractivity contribution in [2.24, 2.45) is 0 Å². The Morgan fingerprint density at radius 1 is 1.45 bits per heavy atom. The van der Waals surface area contributed by atoms with Crippen molar-refractivity contribution in [3.8, 4) is 0 Å². The molecule has 22 heavy (non-hydrogen) atoms. The molecule has 2 amide bonds. The highest BCUT2D eigenvalue weighted by atomic mass is 32.1. The van der Waals surface area contributed by atoms with Crippen LogP contribution in [-0.2, 0) is 14.3 Å². The number of ether oxygens (including phenoxy) is 1. The molecule has 0 unspecified atom stereocenters. The second-order valence-electron chi connectivity index (χ2n) is 4.39. The monoisotopic (exact) mass is 325 g/mol. The van der Waals surface area contributed by atoms with Crippen LogP contribution in [0.15, 0.2) is 12.7 Å². The highest BCUT2D eigenvalue weighted by Crippen LogP contribution is 2.23. The Morgan fingerprint density at radius 2 is 2.14 bits per heavy atom. The summed E-state index contributed by atoms with van der Waals surface area (Å²) in [4.78, 5) is 40.8. The number of aryl methyl sites for hydroxylation is 1. The first-order valence-electron chi connectivity index (χ1n) is 6.69. The molecule has 0 aromatic carbocycles. The minimum absolute atomic E-state index is 0.102. The van der Waals surface area contributed by atoms with Crippen LogP contribution < -0.4 is 5.32 Å². The Morgan fingerprint density at radius 3 is 2.68 bits per heavy atom. The number of esters is 1. The molecule has 1 heterocycles. The van der Waals surface area contributed by atoms with Crippen molar-refractivity contribution in [2.75, 3.05) is 25.0 Å². The number of nitrogens with one attached hydrogen (secondary N) is 1. The van der Waals surface area contributed by atoms with E-state index in [4.69, 9.17) is 4.74 Å². The predicted molar refractivity (Wildman–Crippen MR) is 83.9 cm³/mol. The van der Waals surface area contributed by atoms with Crippen molar-refractivity contribution >= 4 is 34.3 Å². The number of hydrogen-bond donors (Lipinski definition) is 1. The highest BCUT2D eigenvalue weighted by molar-refractivity contribution is 7.17. The maximum absolute atomic E-state index is 11.9. The van der Waals surface area contributed by atoms with Gasteiger partial charge in [-0.3, -0.25) is 9.59 Å². The summed E-state index contributed by atoms with van der Waals surface area (Å²) in [5.41, 5.74) is 0.494. The number of amides is 2. The topological polar surface area (TPSA) is 88.6 Å². The predicted octanol–water partition coefficient (Wildman–Crippen LogP) is 1.60. The molecule has 1 aromatic rings. The standard InChI is InChI=1S/C14H19N3O4S/c1-5-7-17(10(4)18)8-11(19)16-14-15-9(3)12(22-14)13(20)21-6-2/h5H,1,6-8H2,2-4H3,(H,15,16,19). The first-order valence-corrected chi connectivity index (χ1v) is 7.51. The fraction of sp³-hybridized carbons (Fsp3) is 0.429. The first kappa shape index (κ1) is 17.8. The Balaban J connectivity index is 2.72. The zero-order valence-electron chi connectivity index (χ0n) is 12.8. The van der Waals surface area contributed by atoms with Crippen molar-refractivity contribution in [1.29, 1.82) is 0 Å². The van der Waals surface area contributed by atoms with Gasteiger partial charge in [-0.15, -0.1) is 6.58 Å². The minimum atomic E-state index is -0.463. The Labute approximate surface area is 133 Å². The number of aromatic nitrogens is 1. The molecule has 0 spiro atoms. The van der Waals surface area contributed by atoms with Gasteiger partial charge in [0.1, 0.15) is 11.4 Å². The van der Waals surface area contributed by atoms with Crippen LogP contribution in [0, 0.1) is 6.92 Å². The van der Waals surface area contributed by atoms with E-state index in [0.717, 1.165) is 11.3 Å². The normalized spacial score (nSPS) is 9.95. The molecule has 8 heteroatoms. The SMILES string of the molecule is C=CCN(CC(=O)Nc1nc(C)c(C(=O)OCC)s1)C(C)=O. The van der Waals surface area contributed by atoms with E-state index < -0.39 is 5.97 Å². The average molecular weight is 325 g/mol. The molecule has 0 atom stereocenters. The number of rotatable bonds is 7. The van der Waals surface area contributed by atoms with Gasteiger partial charge in [0.2, 0.25) is 11.8 Å². The van der Waals surface area contributed by atoms with E-state index in [1.807, 2.05) is 0 Å². The molecular formula is C14H19N3O4S. The van der Waals surface area contributed by atoms with Crippen LogP contribution in [-0.4, -0.2) is 47.4 Å². The van der Waals surface area contributed by atoms with Gasteiger partial charge < -0.3 is 15.0 Å². The Bertz CT molecular complexity index is 583. The number of thiazole rings is 1. The fourth-order valence-corrected chi connectivity index (χ4v) is 2.50. The highest BCUT2D eigenvalue weighted by Gasteiger charge is 2.18. The van der Waals surface area contributed by atoms with Gasteiger partial charge in [-0.2, -0.15) is 0 Å². The number of carbonyl (C=O) groups is 3. The molecule has 0 bridgehead atoms. The van der Waals surface area contributed by atoms with Crippen LogP contribution in [0.2, 0.25) is 0 Å². The van der Waals surface area contributed by atoms with E-state index in [-0.39, 0.29) is 31.5 Å². The number of hydrogen-bond acceptors (Lipinski definition) is 6. The molecule has 0 radical (unpaired) electrons. The van der Waals surface area contributed by atoms with Crippen LogP contribution in [0.5, 0.6) is 0 Å². The summed E-state index contributed by atoms with van der Waals surface area (Å²) in [7, 11) is 0. The quantitative estimate of drug-likeness (QED) is 0.607. The average Bonchev–Trinajstić information content (AvgIpc) is 2.79. The fourth-order valence-electron chi connectivity index (χ4n) is 1.63. The summed E-state index contributed by atoms with van der Waals surface area (Å²) in [6, 6.07) is 0. The summed E-state index contributed by atoms with van der Waals surface area (Å²) in [6.45, 7) is 8.75. The van der Waals surface area contributed by atoms with E-state index in [1.165, 1.54) is 11.8 Å². The summed E-state index contributed by atoms with van der Waals surface area (Å²) in [5, 5.41) is 2.88. The molecule has 120 valence electrons. The molecule has 0 aliphatic rings. The lowest BCUT2D eigenvalue weighted by Gasteiger charge is -2.17. The molecule has 0 fully saturated rings. The van der Waals surface area contributed by atoms with Gasteiger partial charge in [0.25, 0.3) is 0 Å².